The van der Waals surface area contributed by atoms with Crippen LogP contribution in [0.4, 0.5) is 13.2 Å². The van der Waals surface area contributed by atoms with E-state index in [-0.39, 0.29) is 18.6 Å². The molecule has 1 atom stereocenters. The van der Waals surface area contributed by atoms with Gasteiger partial charge in [0.25, 0.3) is 0 Å². The third-order valence-corrected chi connectivity index (χ3v) is 2.85. The molecule has 124 valence electrons. The fraction of sp³-hybridized carbons (Fsp3) is 0.533. The van der Waals surface area contributed by atoms with E-state index in [0.29, 0.717) is 12.5 Å². The van der Waals surface area contributed by atoms with Gasteiger partial charge in [-0.1, -0.05) is 13.8 Å². The second kappa shape index (κ2) is 8.75. The minimum Gasteiger partial charge on any atom is -0.394 e. The summed E-state index contributed by atoms with van der Waals surface area (Å²) in [6.07, 6.45) is 0.0510. The number of amides is 1. The minimum absolute atomic E-state index is 0.0460. The number of aliphatic hydroxyl groups is 1. The Bertz CT molecular complexity index is 486. The van der Waals surface area contributed by atoms with Gasteiger partial charge < -0.3 is 15.2 Å². The van der Waals surface area contributed by atoms with E-state index in [2.05, 4.69) is 5.32 Å². The zero-order valence-corrected chi connectivity index (χ0v) is 12.5. The van der Waals surface area contributed by atoms with E-state index in [0.717, 1.165) is 12.1 Å². The highest BCUT2D eigenvalue weighted by molar-refractivity contribution is 5.76. The van der Waals surface area contributed by atoms with Gasteiger partial charge in [0.05, 0.1) is 19.3 Å². The summed E-state index contributed by atoms with van der Waals surface area (Å²) in [6, 6.07) is 0.478. The molecule has 1 aromatic carbocycles. The monoisotopic (exact) mass is 319 g/mol. The number of nitrogens with one attached hydrogen (secondary N) is 1. The van der Waals surface area contributed by atoms with Crippen molar-refractivity contribution in [3.8, 4) is 0 Å². The number of aliphatic hydroxyl groups excluding tert-OH is 1. The van der Waals surface area contributed by atoms with E-state index >= 15 is 0 Å². The Morgan fingerprint density at radius 2 is 1.86 bits per heavy atom. The van der Waals surface area contributed by atoms with Gasteiger partial charge in [0, 0.05) is 13.0 Å². The number of hydrogen-bond donors (Lipinski definition) is 2. The van der Waals surface area contributed by atoms with Gasteiger partial charge in [-0.05, 0) is 23.6 Å². The highest BCUT2D eigenvalue weighted by Crippen LogP contribution is 2.19. The van der Waals surface area contributed by atoms with Gasteiger partial charge in [-0.2, -0.15) is 0 Å². The van der Waals surface area contributed by atoms with Gasteiger partial charge in [0.15, 0.2) is 17.5 Å². The Kier molecular flexibility index (Phi) is 7.34. The molecule has 2 N–H and O–H groups in total. The van der Waals surface area contributed by atoms with E-state index in [9.17, 15) is 23.1 Å². The highest BCUT2D eigenvalue weighted by atomic mass is 19.2. The van der Waals surface area contributed by atoms with Crippen molar-refractivity contribution in [2.45, 2.75) is 26.3 Å². The lowest BCUT2D eigenvalue weighted by molar-refractivity contribution is -0.123. The lowest BCUT2D eigenvalue weighted by Gasteiger charge is -2.17. The summed E-state index contributed by atoms with van der Waals surface area (Å²) in [6.45, 7) is 4.10. The first-order chi connectivity index (χ1) is 10.3. The zero-order valence-electron chi connectivity index (χ0n) is 12.5. The predicted molar refractivity (Wildman–Crippen MR) is 74.6 cm³/mol. The van der Waals surface area contributed by atoms with Gasteiger partial charge >= 0.3 is 0 Å². The average molecular weight is 319 g/mol. The molecule has 1 aromatic rings. The maximum atomic E-state index is 13.2. The zero-order chi connectivity index (χ0) is 16.7. The van der Waals surface area contributed by atoms with E-state index < -0.39 is 36.0 Å². The van der Waals surface area contributed by atoms with Crippen molar-refractivity contribution < 1.29 is 27.8 Å². The van der Waals surface area contributed by atoms with Crippen LogP contribution in [-0.2, 0) is 9.53 Å². The molecule has 1 amide bonds. The molecule has 0 heterocycles. The fourth-order valence-electron chi connectivity index (χ4n) is 1.76. The first-order valence-corrected chi connectivity index (χ1v) is 6.97. The molecule has 0 saturated carbocycles. The lowest BCUT2D eigenvalue weighted by Crippen LogP contribution is -2.31. The van der Waals surface area contributed by atoms with E-state index in [1.165, 1.54) is 0 Å². The summed E-state index contributed by atoms with van der Waals surface area (Å²) >= 11 is 0. The molecular weight excluding hydrogens is 299 g/mol. The maximum absolute atomic E-state index is 13.2. The largest absolute Gasteiger partial charge is 0.394 e. The Balaban J connectivity index is 2.59. The molecule has 0 bridgehead atoms. The van der Waals surface area contributed by atoms with Crippen LogP contribution in [0.25, 0.3) is 0 Å². The van der Waals surface area contributed by atoms with Crippen molar-refractivity contribution in [1.29, 1.82) is 0 Å². The van der Waals surface area contributed by atoms with Gasteiger partial charge in [-0.15, -0.1) is 0 Å². The minimum atomic E-state index is -1.59. The number of carbonyl (C=O) groups is 1. The summed E-state index contributed by atoms with van der Waals surface area (Å²) in [5.74, 6) is -4.42. The van der Waals surface area contributed by atoms with Crippen molar-refractivity contribution in [2.75, 3.05) is 19.8 Å². The smallest absolute Gasteiger partial charge is 0.222 e. The second-order valence-corrected chi connectivity index (χ2v) is 5.32. The van der Waals surface area contributed by atoms with Gasteiger partial charge in [-0.3, -0.25) is 4.79 Å². The van der Waals surface area contributed by atoms with Crippen LogP contribution < -0.4 is 5.32 Å². The van der Waals surface area contributed by atoms with Crippen LogP contribution in [0.2, 0.25) is 0 Å². The van der Waals surface area contributed by atoms with Crippen LogP contribution in [0.1, 0.15) is 31.9 Å². The standard InChI is InChI=1S/C15H20F3NO3/c1-9(2)8-22-4-3-14(21)19-13(7-20)10-5-11(16)15(18)12(17)6-10/h5-6,9,13,20H,3-4,7-8H2,1-2H3,(H,19,21). The van der Waals surface area contributed by atoms with Crippen LogP contribution >= 0.6 is 0 Å². The molecule has 0 fully saturated rings. The van der Waals surface area contributed by atoms with Crippen molar-refractivity contribution in [3.05, 3.63) is 35.1 Å². The molecule has 22 heavy (non-hydrogen) atoms. The van der Waals surface area contributed by atoms with E-state index in [1.54, 1.807) is 0 Å². The summed E-state index contributed by atoms with van der Waals surface area (Å²) in [4.78, 5) is 11.7. The third kappa shape index (κ3) is 5.65. The maximum Gasteiger partial charge on any atom is 0.222 e. The molecule has 0 radical (unpaired) electrons. The predicted octanol–water partition coefficient (Wildman–Crippen LogP) is 2.32. The topological polar surface area (TPSA) is 58.6 Å². The number of ether oxygens (including phenoxy) is 1. The average Bonchev–Trinajstić information content (AvgIpc) is 2.46. The molecule has 0 aliphatic carbocycles. The Hall–Kier alpha value is -1.60. The molecule has 7 heteroatoms. The van der Waals surface area contributed by atoms with Crippen LogP contribution in [0.5, 0.6) is 0 Å². The molecular formula is C15H20F3NO3. The molecule has 0 aliphatic rings. The van der Waals surface area contributed by atoms with Crippen LogP contribution in [0.3, 0.4) is 0 Å². The SMILES string of the molecule is CC(C)COCCC(=O)NC(CO)c1cc(F)c(F)c(F)c1. The first-order valence-electron chi connectivity index (χ1n) is 6.97. The number of hydrogen-bond acceptors (Lipinski definition) is 3. The van der Waals surface area contributed by atoms with Crippen molar-refractivity contribution in [2.24, 2.45) is 5.92 Å². The summed E-state index contributed by atoms with van der Waals surface area (Å²) in [7, 11) is 0. The number of carbonyl (C=O) groups excluding carboxylic acids is 1. The van der Waals surface area contributed by atoms with E-state index in [1.807, 2.05) is 13.8 Å². The molecule has 0 aromatic heterocycles. The van der Waals surface area contributed by atoms with Gasteiger partial charge in [0.2, 0.25) is 5.91 Å². The second-order valence-electron chi connectivity index (χ2n) is 5.32. The fourth-order valence-corrected chi connectivity index (χ4v) is 1.76. The number of benzene rings is 1. The molecule has 1 unspecified atom stereocenters. The quantitative estimate of drug-likeness (QED) is 0.571. The lowest BCUT2D eigenvalue weighted by atomic mass is 10.1. The summed E-state index contributed by atoms with van der Waals surface area (Å²) < 4.78 is 44.5. The first kappa shape index (κ1) is 18.4. The van der Waals surface area contributed by atoms with Gasteiger partial charge in [-0.25, -0.2) is 13.2 Å². The summed E-state index contributed by atoms with van der Waals surface area (Å²) in [5, 5.41) is 11.7. The van der Waals surface area contributed by atoms with E-state index in [4.69, 9.17) is 4.74 Å². The molecule has 0 spiro atoms. The van der Waals surface area contributed by atoms with Crippen molar-refractivity contribution in [1.82, 2.24) is 5.32 Å². The highest BCUT2D eigenvalue weighted by Gasteiger charge is 2.18. The number of halogens is 3. The van der Waals surface area contributed by atoms with Gasteiger partial charge in [0.1, 0.15) is 0 Å². The third-order valence-electron chi connectivity index (χ3n) is 2.85. The van der Waals surface area contributed by atoms with Crippen LogP contribution in [0, 0.1) is 23.4 Å². The Morgan fingerprint density at radius 1 is 1.27 bits per heavy atom. The van der Waals surface area contributed by atoms with Crippen LogP contribution in [-0.4, -0.2) is 30.8 Å². The summed E-state index contributed by atoms with van der Waals surface area (Å²) in [5.41, 5.74) is -0.0460. The Labute approximate surface area is 127 Å². The normalized spacial score (nSPS) is 12.5. The van der Waals surface area contributed by atoms with Crippen molar-refractivity contribution >= 4 is 5.91 Å². The van der Waals surface area contributed by atoms with Crippen molar-refractivity contribution in [3.63, 3.8) is 0 Å². The molecule has 0 saturated heterocycles. The molecule has 0 aliphatic heterocycles. The number of rotatable bonds is 8. The Morgan fingerprint density at radius 3 is 2.36 bits per heavy atom. The molecule has 1 rings (SSSR count). The van der Waals surface area contributed by atoms with Crippen LogP contribution in [0.15, 0.2) is 12.1 Å². The molecule has 4 nitrogen and oxygen atoms in total.